The number of hydrogen-bond acceptors (Lipinski definition) is 2. The summed E-state index contributed by atoms with van der Waals surface area (Å²) in [5.74, 6) is -0.199. The van der Waals surface area contributed by atoms with Crippen LogP contribution in [0.1, 0.15) is 38.3 Å². The summed E-state index contributed by atoms with van der Waals surface area (Å²) in [5.41, 5.74) is 10.6. The van der Waals surface area contributed by atoms with Crippen molar-refractivity contribution in [1.82, 2.24) is 5.32 Å². The number of nitrogens with two attached hydrogens (primary N) is 1. The molecular formula is C18H25FN2. The van der Waals surface area contributed by atoms with E-state index in [0.717, 1.165) is 35.2 Å². The molecule has 0 aliphatic heterocycles. The van der Waals surface area contributed by atoms with Crippen molar-refractivity contribution in [3.05, 3.63) is 70.8 Å². The van der Waals surface area contributed by atoms with Crippen molar-refractivity contribution in [1.29, 1.82) is 0 Å². The summed E-state index contributed by atoms with van der Waals surface area (Å²) in [6.07, 6.45) is 2.01. The first-order chi connectivity index (χ1) is 10.0. The van der Waals surface area contributed by atoms with Gasteiger partial charge in [0.05, 0.1) is 11.4 Å². The van der Waals surface area contributed by atoms with Gasteiger partial charge in [0.25, 0.3) is 0 Å². The van der Waals surface area contributed by atoms with Crippen LogP contribution in [0.4, 0.5) is 4.39 Å². The molecular weight excluding hydrogens is 263 g/mol. The molecule has 0 heterocycles. The van der Waals surface area contributed by atoms with E-state index in [9.17, 15) is 4.39 Å². The second-order valence-corrected chi connectivity index (χ2v) is 4.78. The maximum absolute atomic E-state index is 13.7. The van der Waals surface area contributed by atoms with Crippen molar-refractivity contribution in [3.63, 3.8) is 0 Å². The highest BCUT2D eigenvalue weighted by atomic mass is 19.1. The quantitative estimate of drug-likeness (QED) is 0.852. The predicted molar refractivity (Wildman–Crippen MR) is 88.1 cm³/mol. The van der Waals surface area contributed by atoms with Crippen LogP contribution in [0.3, 0.4) is 0 Å². The zero-order chi connectivity index (χ0) is 16.0. The minimum Gasteiger partial charge on any atom is -0.397 e. The first-order valence-corrected chi connectivity index (χ1v) is 7.44. The van der Waals surface area contributed by atoms with E-state index in [4.69, 9.17) is 5.73 Å². The van der Waals surface area contributed by atoms with Crippen LogP contribution >= 0.6 is 0 Å². The van der Waals surface area contributed by atoms with E-state index in [0.29, 0.717) is 17.8 Å². The molecule has 1 aliphatic carbocycles. The van der Waals surface area contributed by atoms with Crippen LogP contribution in [-0.4, -0.2) is 0 Å². The average Bonchev–Trinajstić information content (AvgIpc) is 2.52. The lowest BCUT2D eigenvalue weighted by Gasteiger charge is -2.27. The van der Waals surface area contributed by atoms with E-state index < -0.39 is 0 Å². The van der Waals surface area contributed by atoms with E-state index >= 15 is 0 Å². The zero-order valence-electron chi connectivity index (χ0n) is 13.2. The van der Waals surface area contributed by atoms with Gasteiger partial charge in [0.2, 0.25) is 0 Å². The molecule has 0 atom stereocenters. The Labute approximate surface area is 127 Å². The topological polar surface area (TPSA) is 38.0 Å². The van der Waals surface area contributed by atoms with Gasteiger partial charge < -0.3 is 11.1 Å². The third kappa shape index (κ3) is 3.75. The Kier molecular flexibility index (Phi) is 6.22. The fourth-order valence-electron chi connectivity index (χ4n) is 2.16. The molecule has 0 fully saturated rings. The van der Waals surface area contributed by atoms with Crippen LogP contribution in [0.25, 0.3) is 0 Å². The molecule has 0 aromatic heterocycles. The van der Waals surface area contributed by atoms with E-state index in [2.05, 4.69) is 25.4 Å². The SMILES string of the molecule is C=C1C(=C)C(NCc2cc(CCC)ccc2F)=C1N.CC. The van der Waals surface area contributed by atoms with Crippen molar-refractivity contribution >= 4 is 0 Å². The third-order valence-electron chi connectivity index (χ3n) is 3.36. The summed E-state index contributed by atoms with van der Waals surface area (Å²) in [7, 11) is 0. The molecule has 0 radical (unpaired) electrons. The number of allylic oxidation sites excluding steroid dienone is 2. The molecule has 1 aromatic carbocycles. The summed E-state index contributed by atoms with van der Waals surface area (Å²) >= 11 is 0. The summed E-state index contributed by atoms with van der Waals surface area (Å²) in [6.45, 7) is 14.2. The third-order valence-corrected chi connectivity index (χ3v) is 3.36. The minimum atomic E-state index is -0.199. The maximum atomic E-state index is 13.7. The molecule has 21 heavy (non-hydrogen) atoms. The van der Waals surface area contributed by atoms with Gasteiger partial charge in [-0.05, 0) is 18.1 Å². The summed E-state index contributed by atoms with van der Waals surface area (Å²) < 4.78 is 13.7. The molecule has 0 amide bonds. The highest BCUT2D eigenvalue weighted by Crippen LogP contribution is 2.32. The lowest BCUT2D eigenvalue weighted by atomic mass is 9.90. The Morgan fingerprint density at radius 3 is 2.43 bits per heavy atom. The van der Waals surface area contributed by atoms with Crippen LogP contribution in [0, 0.1) is 5.82 Å². The Hall–Kier alpha value is -2.03. The smallest absolute Gasteiger partial charge is 0.128 e. The Morgan fingerprint density at radius 2 is 1.86 bits per heavy atom. The molecule has 0 saturated carbocycles. The lowest BCUT2D eigenvalue weighted by molar-refractivity contribution is 0.599. The van der Waals surface area contributed by atoms with Gasteiger partial charge in [-0.25, -0.2) is 4.39 Å². The van der Waals surface area contributed by atoms with Gasteiger partial charge in [0.15, 0.2) is 0 Å². The normalized spacial score (nSPS) is 13.5. The molecule has 2 nitrogen and oxygen atoms in total. The minimum absolute atomic E-state index is 0.199. The molecule has 1 aliphatic rings. The van der Waals surface area contributed by atoms with Gasteiger partial charge >= 0.3 is 0 Å². The van der Waals surface area contributed by atoms with Crippen molar-refractivity contribution in [2.45, 2.75) is 40.2 Å². The molecule has 0 saturated heterocycles. The lowest BCUT2D eigenvalue weighted by Crippen LogP contribution is -2.28. The van der Waals surface area contributed by atoms with E-state index in [1.54, 1.807) is 0 Å². The van der Waals surface area contributed by atoms with Gasteiger partial charge in [-0.3, -0.25) is 0 Å². The molecule has 3 heteroatoms. The number of nitrogens with one attached hydrogen (secondary N) is 1. The molecule has 0 bridgehead atoms. The fourth-order valence-corrected chi connectivity index (χ4v) is 2.16. The number of rotatable bonds is 5. The van der Waals surface area contributed by atoms with E-state index in [-0.39, 0.29) is 5.82 Å². The van der Waals surface area contributed by atoms with Crippen LogP contribution in [0.5, 0.6) is 0 Å². The summed E-state index contributed by atoms with van der Waals surface area (Å²) in [4.78, 5) is 0. The largest absolute Gasteiger partial charge is 0.397 e. The van der Waals surface area contributed by atoms with Crippen molar-refractivity contribution < 1.29 is 4.39 Å². The maximum Gasteiger partial charge on any atom is 0.128 e. The highest BCUT2D eigenvalue weighted by molar-refractivity contribution is 5.65. The van der Waals surface area contributed by atoms with E-state index in [1.165, 1.54) is 6.07 Å². The van der Waals surface area contributed by atoms with Crippen LogP contribution in [-0.2, 0) is 13.0 Å². The van der Waals surface area contributed by atoms with Crippen LogP contribution in [0.2, 0.25) is 0 Å². The second-order valence-electron chi connectivity index (χ2n) is 4.78. The Balaban J connectivity index is 0.00000106. The summed E-state index contributed by atoms with van der Waals surface area (Å²) in [5, 5.41) is 3.13. The second kappa shape index (κ2) is 7.67. The van der Waals surface area contributed by atoms with E-state index in [1.807, 2.05) is 26.0 Å². The number of halogens is 1. The van der Waals surface area contributed by atoms with Crippen molar-refractivity contribution in [2.24, 2.45) is 5.73 Å². The monoisotopic (exact) mass is 288 g/mol. The van der Waals surface area contributed by atoms with Gasteiger partial charge in [-0.2, -0.15) is 0 Å². The number of benzene rings is 1. The summed E-state index contributed by atoms with van der Waals surface area (Å²) in [6, 6.07) is 5.26. The van der Waals surface area contributed by atoms with Gasteiger partial charge in [-0.1, -0.05) is 52.5 Å². The van der Waals surface area contributed by atoms with Gasteiger partial charge in [-0.15, -0.1) is 0 Å². The Morgan fingerprint density at radius 1 is 1.19 bits per heavy atom. The van der Waals surface area contributed by atoms with Crippen molar-refractivity contribution in [3.8, 4) is 0 Å². The molecule has 0 spiro atoms. The fraction of sp³-hybridized carbons (Fsp3) is 0.333. The first kappa shape index (κ1) is 17.0. The standard InChI is InChI=1S/C16H19FN2.C2H6/c1-4-5-12-6-7-14(17)13(8-12)9-19-16-11(3)10(2)15(16)18;1-2/h6-8,19H,2-5,9,18H2,1H3;1-2H3. The zero-order valence-corrected chi connectivity index (χ0v) is 13.2. The van der Waals surface area contributed by atoms with Gasteiger partial charge in [0.1, 0.15) is 5.82 Å². The van der Waals surface area contributed by atoms with Crippen LogP contribution in [0.15, 0.2) is 53.9 Å². The molecule has 114 valence electrons. The number of hydrogen-bond donors (Lipinski definition) is 2. The number of aryl methyl sites for hydroxylation is 1. The molecule has 0 unspecified atom stereocenters. The predicted octanol–water partition coefficient (Wildman–Crippen LogP) is 4.19. The first-order valence-electron chi connectivity index (χ1n) is 7.44. The molecule has 1 aromatic rings. The van der Waals surface area contributed by atoms with Crippen LogP contribution < -0.4 is 11.1 Å². The van der Waals surface area contributed by atoms with Crippen molar-refractivity contribution in [2.75, 3.05) is 0 Å². The molecule has 2 rings (SSSR count). The highest BCUT2D eigenvalue weighted by Gasteiger charge is 2.23. The van der Waals surface area contributed by atoms with Gasteiger partial charge in [0, 0.05) is 23.3 Å². The Bertz CT molecular complexity index is 571. The average molecular weight is 288 g/mol. The molecule has 3 N–H and O–H groups in total.